The standard InChI is InChI=1S/C13H18BNO6/c1-2-4-9(16)8-20-11-6-3-5-10-12(7-15(18)19)21-14(17)13(10)11/h3,5-6,9,12,16-17H,2,4,7-8H2,1H3. The predicted octanol–water partition coefficient (Wildman–Crippen LogP) is 0.262. The van der Waals surface area contributed by atoms with Crippen LogP contribution in [0.15, 0.2) is 18.2 Å². The number of aliphatic hydroxyl groups is 1. The van der Waals surface area contributed by atoms with E-state index < -0.39 is 30.8 Å². The molecule has 0 fully saturated rings. The van der Waals surface area contributed by atoms with Gasteiger partial charge in [-0.25, -0.2) is 0 Å². The quantitative estimate of drug-likeness (QED) is 0.425. The molecule has 0 aliphatic carbocycles. The molecule has 0 aromatic heterocycles. The summed E-state index contributed by atoms with van der Waals surface area (Å²) in [5.41, 5.74) is 0.967. The van der Waals surface area contributed by atoms with Gasteiger partial charge in [0, 0.05) is 10.4 Å². The molecular weight excluding hydrogens is 277 g/mol. The van der Waals surface area contributed by atoms with Gasteiger partial charge in [0.05, 0.1) is 6.10 Å². The molecule has 0 saturated carbocycles. The van der Waals surface area contributed by atoms with Crippen molar-refractivity contribution in [3.8, 4) is 5.75 Å². The zero-order valence-corrected chi connectivity index (χ0v) is 11.8. The highest BCUT2D eigenvalue weighted by molar-refractivity contribution is 6.62. The molecule has 1 aliphatic rings. The zero-order chi connectivity index (χ0) is 15.4. The Balaban J connectivity index is 2.14. The van der Waals surface area contributed by atoms with Gasteiger partial charge in [-0.3, -0.25) is 10.1 Å². The molecule has 2 N–H and O–H groups in total. The van der Waals surface area contributed by atoms with Crippen molar-refractivity contribution >= 4 is 12.6 Å². The van der Waals surface area contributed by atoms with Crippen LogP contribution in [0.25, 0.3) is 0 Å². The summed E-state index contributed by atoms with van der Waals surface area (Å²) in [5, 5.41) is 30.2. The maximum atomic E-state index is 10.6. The average Bonchev–Trinajstić information content (AvgIpc) is 2.73. The third-order valence-corrected chi connectivity index (χ3v) is 3.35. The molecule has 1 heterocycles. The van der Waals surface area contributed by atoms with Gasteiger partial charge in [-0.1, -0.05) is 25.5 Å². The van der Waals surface area contributed by atoms with Crippen molar-refractivity contribution in [2.75, 3.05) is 13.2 Å². The molecule has 114 valence electrons. The Labute approximate surface area is 122 Å². The van der Waals surface area contributed by atoms with Gasteiger partial charge in [0.15, 0.2) is 0 Å². The van der Waals surface area contributed by atoms with E-state index in [-0.39, 0.29) is 6.61 Å². The first-order valence-corrected chi connectivity index (χ1v) is 6.92. The van der Waals surface area contributed by atoms with E-state index in [9.17, 15) is 20.2 Å². The lowest BCUT2D eigenvalue weighted by atomic mass is 9.78. The van der Waals surface area contributed by atoms with Crippen LogP contribution in [0.3, 0.4) is 0 Å². The molecule has 2 rings (SSSR count). The fraction of sp³-hybridized carbons (Fsp3) is 0.538. The highest BCUT2D eigenvalue weighted by Gasteiger charge is 2.40. The average molecular weight is 295 g/mol. The summed E-state index contributed by atoms with van der Waals surface area (Å²) in [4.78, 5) is 10.1. The van der Waals surface area contributed by atoms with Crippen LogP contribution in [-0.2, 0) is 4.65 Å². The van der Waals surface area contributed by atoms with Gasteiger partial charge < -0.3 is 19.5 Å². The number of aliphatic hydroxyl groups excluding tert-OH is 1. The molecule has 2 atom stereocenters. The molecule has 8 heteroatoms. The Hall–Kier alpha value is -1.64. The van der Waals surface area contributed by atoms with Crippen LogP contribution in [0.5, 0.6) is 5.75 Å². The molecule has 0 bridgehead atoms. The lowest BCUT2D eigenvalue weighted by Crippen LogP contribution is -2.31. The first kappa shape index (κ1) is 15.7. The van der Waals surface area contributed by atoms with E-state index in [0.717, 1.165) is 6.42 Å². The number of hydrogen-bond donors (Lipinski definition) is 2. The first-order chi connectivity index (χ1) is 10.0. The fourth-order valence-corrected chi connectivity index (χ4v) is 2.41. The van der Waals surface area contributed by atoms with Crippen molar-refractivity contribution in [1.82, 2.24) is 0 Å². The van der Waals surface area contributed by atoms with Gasteiger partial charge in [-0.15, -0.1) is 0 Å². The third kappa shape index (κ3) is 3.72. The Morgan fingerprint density at radius 3 is 3.00 bits per heavy atom. The van der Waals surface area contributed by atoms with Crippen LogP contribution in [0.4, 0.5) is 0 Å². The van der Waals surface area contributed by atoms with Crippen molar-refractivity contribution in [1.29, 1.82) is 0 Å². The molecule has 21 heavy (non-hydrogen) atoms. The zero-order valence-electron chi connectivity index (χ0n) is 11.8. The Bertz CT molecular complexity index is 511. The highest BCUT2D eigenvalue weighted by atomic mass is 16.6. The largest absolute Gasteiger partial charge is 0.496 e. The fourth-order valence-electron chi connectivity index (χ4n) is 2.41. The maximum absolute atomic E-state index is 10.6. The van der Waals surface area contributed by atoms with Crippen LogP contribution in [0, 0.1) is 10.1 Å². The highest BCUT2D eigenvalue weighted by Crippen LogP contribution is 2.27. The molecule has 0 radical (unpaired) electrons. The summed E-state index contributed by atoms with van der Waals surface area (Å²) < 4.78 is 10.7. The van der Waals surface area contributed by atoms with Crippen LogP contribution in [0.1, 0.15) is 31.4 Å². The summed E-state index contributed by atoms with van der Waals surface area (Å²) in [6, 6.07) is 5.02. The molecule has 1 aromatic carbocycles. The normalized spacial score (nSPS) is 18.4. The van der Waals surface area contributed by atoms with E-state index >= 15 is 0 Å². The maximum Gasteiger partial charge on any atom is 0.496 e. The van der Waals surface area contributed by atoms with Gasteiger partial charge in [0.2, 0.25) is 6.54 Å². The minimum absolute atomic E-state index is 0.108. The number of fused-ring (bicyclic) bond motifs is 1. The monoisotopic (exact) mass is 295 g/mol. The second-order valence-corrected chi connectivity index (χ2v) is 5.00. The van der Waals surface area contributed by atoms with Crippen LogP contribution in [0.2, 0.25) is 0 Å². The van der Waals surface area contributed by atoms with Crippen molar-refractivity contribution in [3.05, 3.63) is 33.9 Å². The van der Waals surface area contributed by atoms with Crippen LogP contribution in [-0.4, -0.2) is 41.4 Å². The van der Waals surface area contributed by atoms with E-state index in [1.807, 2.05) is 6.92 Å². The van der Waals surface area contributed by atoms with Crippen molar-refractivity contribution in [2.45, 2.75) is 32.0 Å². The predicted molar refractivity (Wildman–Crippen MR) is 76.1 cm³/mol. The van der Waals surface area contributed by atoms with E-state index in [4.69, 9.17) is 9.39 Å². The van der Waals surface area contributed by atoms with Gasteiger partial charge in [-0.05, 0) is 18.1 Å². The number of ether oxygens (including phenoxy) is 1. The van der Waals surface area contributed by atoms with E-state index in [2.05, 4.69) is 0 Å². The number of benzene rings is 1. The van der Waals surface area contributed by atoms with Crippen molar-refractivity contribution in [2.24, 2.45) is 0 Å². The number of rotatable bonds is 7. The van der Waals surface area contributed by atoms with Gasteiger partial charge in [0.25, 0.3) is 0 Å². The second kappa shape index (κ2) is 6.88. The van der Waals surface area contributed by atoms with E-state index in [1.54, 1.807) is 18.2 Å². The third-order valence-electron chi connectivity index (χ3n) is 3.35. The van der Waals surface area contributed by atoms with Gasteiger partial charge >= 0.3 is 7.12 Å². The molecule has 1 aliphatic heterocycles. The van der Waals surface area contributed by atoms with Gasteiger partial charge in [0.1, 0.15) is 18.5 Å². The molecule has 1 aromatic rings. The summed E-state index contributed by atoms with van der Waals surface area (Å²) in [7, 11) is -1.25. The second-order valence-electron chi connectivity index (χ2n) is 5.00. The Kier molecular flexibility index (Phi) is 5.16. The summed E-state index contributed by atoms with van der Waals surface area (Å²) in [6.07, 6.45) is 0.0977. The topological polar surface area (TPSA) is 102 Å². The molecule has 0 saturated heterocycles. The lowest BCUT2D eigenvalue weighted by Gasteiger charge is -2.14. The minimum Gasteiger partial charge on any atom is -0.491 e. The van der Waals surface area contributed by atoms with Crippen LogP contribution >= 0.6 is 0 Å². The molecule has 0 spiro atoms. The molecular formula is C13H18BNO6. The Morgan fingerprint density at radius 1 is 1.57 bits per heavy atom. The summed E-state index contributed by atoms with van der Waals surface area (Å²) >= 11 is 0. The van der Waals surface area contributed by atoms with Crippen molar-refractivity contribution in [3.63, 3.8) is 0 Å². The number of nitro groups is 1. The lowest BCUT2D eigenvalue weighted by molar-refractivity contribution is -0.490. The number of nitrogens with zero attached hydrogens (tertiary/aromatic N) is 1. The smallest absolute Gasteiger partial charge is 0.491 e. The van der Waals surface area contributed by atoms with Gasteiger partial charge in [-0.2, -0.15) is 0 Å². The molecule has 2 unspecified atom stereocenters. The van der Waals surface area contributed by atoms with Crippen molar-refractivity contribution < 1.29 is 24.4 Å². The summed E-state index contributed by atoms with van der Waals surface area (Å²) in [5.74, 6) is 0.390. The molecule has 7 nitrogen and oxygen atoms in total. The minimum atomic E-state index is -1.25. The first-order valence-electron chi connectivity index (χ1n) is 6.92. The van der Waals surface area contributed by atoms with Crippen LogP contribution < -0.4 is 10.2 Å². The molecule has 0 amide bonds. The summed E-state index contributed by atoms with van der Waals surface area (Å²) in [6.45, 7) is 1.66. The SMILES string of the molecule is CCCC(O)COc1cccc2c1B(O)OC2C[N+](=O)[O-]. The Morgan fingerprint density at radius 2 is 2.33 bits per heavy atom. The van der Waals surface area contributed by atoms with E-state index in [1.165, 1.54) is 0 Å². The van der Waals surface area contributed by atoms with E-state index in [0.29, 0.717) is 23.2 Å². The number of hydrogen-bond acceptors (Lipinski definition) is 6.